The van der Waals surface area contributed by atoms with Crippen molar-refractivity contribution in [2.24, 2.45) is 0 Å². The van der Waals surface area contributed by atoms with E-state index in [9.17, 15) is 9.18 Å². The van der Waals surface area contributed by atoms with Gasteiger partial charge in [0.15, 0.2) is 0 Å². The molecule has 104 valence electrons. The van der Waals surface area contributed by atoms with Crippen LogP contribution in [0.1, 0.15) is 10.4 Å². The Labute approximate surface area is 128 Å². The van der Waals surface area contributed by atoms with Gasteiger partial charge in [0.05, 0.1) is 17.7 Å². The minimum atomic E-state index is -0.599. The highest BCUT2D eigenvalue weighted by Gasteiger charge is 2.13. The fourth-order valence-electron chi connectivity index (χ4n) is 1.61. The normalized spacial score (nSPS) is 10.2. The third-order valence-electron chi connectivity index (χ3n) is 2.58. The van der Waals surface area contributed by atoms with Crippen LogP contribution in [0.25, 0.3) is 0 Å². The fraction of sp³-hybridized carbons (Fsp3) is 0.0714. The number of ether oxygens (including phenoxy) is 1. The van der Waals surface area contributed by atoms with E-state index in [1.807, 2.05) is 0 Å². The molecule has 6 heteroatoms. The van der Waals surface area contributed by atoms with Gasteiger partial charge in [0, 0.05) is 16.2 Å². The van der Waals surface area contributed by atoms with Crippen molar-refractivity contribution in [2.75, 3.05) is 12.4 Å². The van der Waals surface area contributed by atoms with E-state index in [-0.39, 0.29) is 5.56 Å². The molecule has 0 unspecified atom stereocenters. The van der Waals surface area contributed by atoms with Gasteiger partial charge >= 0.3 is 0 Å². The maximum Gasteiger partial charge on any atom is 0.258 e. The summed E-state index contributed by atoms with van der Waals surface area (Å²) >= 11 is 9.03. The largest absolute Gasteiger partial charge is 0.495 e. The summed E-state index contributed by atoms with van der Waals surface area (Å²) in [4.78, 5) is 12.0. The van der Waals surface area contributed by atoms with Gasteiger partial charge < -0.3 is 10.1 Å². The quantitative estimate of drug-likeness (QED) is 0.877. The van der Waals surface area contributed by atoms with Crippen molar-refractivity contribution in [3.8, 4) is 5.75 Å². The van der Waals surface area contributed by atoms with E-state index in [4.69, 9.17) is 16.3 Å². The Balaban J connectivity index is 2.23. The van der Waals surface area contributed by atoms with Gasteiger partial charge in [-0.2, -0.15) is 0 Å². The standard InChI is InChI=1S/C14H10BrClFNO2/c1-20-13-7-9(3-5-11(13)16)18-14(19)10-4-2-8(15)6-12(10)17/h2-7H,1H3,(H,18,19). The topological polar surface area (TPSA) is 38.3 Å². The Bertz CT molecular complexity index is 664. The van der Waals surface area contributed by atoms with Crippen LogP contribution in [-0.2, 0) is 0 Å². The summed E-state index contributed by atoms with van der Waals surface area (Å²) < 4.78 is 19.3. The number of rotatable bonds is 3. The van der Waals surface area contributed by atoms with E-state index >= 15 is 0 Å². The van der Waals surface area contributed by atoms with E-state index in [0.29, 0.717) is 20.9 Å². The molecular formula is C14H10BrClFNO2. The Morgan fingerprint density at radius 2 is 2.05 bits per heavy atom. The van der Waals surface area contributed by atoms with Crippen molar-refractivity contribution >= 4 is 39.1 Å². The summed E-state index contributed by atoms with van der Waals surface area (Å²) in [5, 5.41) is 3.02. The highest BCUT2D eigenvalue weighted by Crippen LogP contribution is 2.27. The van der Waals surface area contributed by atoms with Gasteiger partial charge in [-0.25, -0.2) is 4.39 Å². The van der Waals surface area contributed by atoms with Crippen molar-refractivity contribution in [3.05, 3.63) is 57.3 Å². The number of amides is 1. The van der Waals surface area contributed by atoms with Gasteiger partial charge in [-0.05, 0) is 30.3 Å². The molecule has 1 N–H and O–H groups in total. The maximum atomic E-state index is 13.7. The molecule has 0 aliphatic rings. The molecule has 0 bridgehead atoms. The first-order valence-electron chi connectivity index (χ1n) is 5.61. The molecule has 0 aliphatic heterocycles. The van der Waals surface area contributed by atoms with Gasteiger partial charge in [-0.1, -0.05) is 27.5 Å². The number of carbonyl (C=O) groups excluding carboxylic acids is 1. The summed E-state index contributed by atoms with van der Waals surface area (Å²) in [5.41, 5.74) is 0.431. The third-order valence-corrected chi connectivity index (χ3v) is 3.39. The van der Waals surface area contributed by atoms with Crippen molar-refractivity contribution in [3.63, 3.8) is 0 Å². The van der Waals surface area contributed by atoms with Crippen LogP contribution in [0.4, 0.5) is 10.1 Å². The highest BCUT2D eigenvalue weighted by molar-refractivity contribution is 9.10. The van der Waals surface area contributed by atoms with Crippen molar-refractivity contribution < 1.29 is 13.9 Å². The first-order valence-corrected chi connectivity index (χ1v) is 6.78. The molecule has 2 aromatic carbocycles. The maximum absolute atomic E-state index is 13.7. The van der Waals surface area contributed by atoms with E-state index in [2.05, 4.69) is 21.2 Å². The summed E-state index contributed by atoms with van der Waals surface area (Å²) in [7, 11) is 1.47. The van der Waals surface area contributed by atoms with Crippen molar-refractivity contribution in [1.82, 2.24) is 0 Å². The minimum absolute atomic E-state index is 0.0397. The Kier molecular flexibility index (Phi) is 4.62. The predicted octanol–water partition coefficient (Wildman–Crippen LogP) is 4.50. The van der Waals surface area contributed by atoms with Crippen LogP contribution in [0.15, 0.2) is 40.9 Å². The lowest BCUT2D eigenvalue weighted by Crippen LogP contribution is -2.13. The number of hydrogen-bond donors (Lipinski definition) is 1. The zero-order valence-electron chi connectivity index (χ0n) is 10.4. The molecule has 20 heavy (non-hydrogen) atoms. The Hall–Kier alpha value is -1.59. The molecule has 0 saturated heterocycles. The van der Waals surface area contributed by atoms with Gasteiger partial charge in [-0.15, -0.1) is 0 Å². The fourth-order valence-corrected chi connectivity index (χ4v) is 2.14. The number of halogens is 3. The lowest BCUT2D eigenvalue weighted by atomic mass is 10.2. The summed E-state index contributed by atoms with van der Waals surface area (Å²) in [5.74, 6) is -0.710. The van der Waals surface area contributed by atoms with E-state index in [1.165, 1.54) is 19.2 Å². The number of anilines is 1. The zero-order valence-corrected chi connectivity index (χ0v) is 12.8. The molecular weight excluding hydrogens is 349 g/mol. The van der Waals surface area contributed by atoms with Gasteiger partial charge in [0.25, 0.3) is 5.91 Å². The minimum Gasteiger partial charge on any atom is -0.495 e. The predicted molar refractivity (Wildman–Crippen MR) is 80.1 cm³/mol. The first kappa shape index (κ1) is 14.8. The first-order chi connectivity index (χ1) is 9.51. The molecule has 3 nitrogen and oxygen atoms in total. The number of hydrogen-bond acceptors (Lipinski definition) is 2. The monoisotopic (exact) mass is 357 g/mol. The van der Waals surface area contributed by atoms with Crippen LogP contribution < -0.4 is 10.1 Å². The molecule has 0 aromatic heterocycles. The highest BCUT2D eigenvalue weighted by atomic mass is 79.9. The van der Waals surface area contributed by atoms with Crippen LogP contribution in [0.3, 0.4) is 0 Å². The molecule has 0 saturated carbocycles. The van der Waals surface area contributed by atoms with Crippen LogP contribution >= 0.6 is 27.5 Å². The lowest BCUT2D eigenvalue weighted by Gasteiger charge is -2.09. The average Bonchev–Trinajstić information content (AvgIpc) is 2.40. The number of methoxy groups -OCH3 is 1. The molecule has 0 fully saturated rings. The second-order valence-corrected chi connectivity index (χ2v) is 5.25. The molecule has 1 amide bonds. The average molecular weight is 359 g/mol. The number of carbonyl (C=O) groups is 1. The summed E-state index contributed by atoms with van der Waals surface area (Å²) in [6.45, 7) is 0. The van der Waals surface area contributed by atoms with Crippen LogP contribution in [0.2, 0.25) is 5.02 Å². The Morgan fingerprint density at radius 1 is 1.30 bits per heavy atom. The van der Waals surface area contributed by atoms with Crippen molar-refractivity contribution in [1.29, 1.82) is 0 Å². The van der Waals surface area contributed by atoms with Gasteiger partial charge in [-0.3, -0.25) is 4.79 Å². The van der Waals surface area contributed by atoms with E-state index in [0.717, 1.165) is 0 Å². The Morgan fingerprint density at radius 3 is 2.70 bits per heavy atom. The lowest BCUT2D eigenvalue weighted by molar-refractivity contribution is 0.102. The summed E-state index contributed by atoms with van der Waals surface area (Å²) in [6, 6.07) is 9.00. The second kappa shape index (κ2) is 6.24. The van der Waals surface area contributed by atoms with Gasteiger partial charge in [0.1, 0.15) is 11.6 Å². The van der Waals surface area contributed by atoms with Crippen LogP contribution in [-0.4, -0.2) is 13.0 Å². The van der Waals surface area contributed by atoms with Gasteiger partial charge in [0.2, 0.25) is 0 Å². The SMILES string of the molecule is COc1cc(NC(=O)c2ccc(Br)cc2F)ccc1Cl. The smallest absolute Gasteiger partial charge is 0.258 e. The molecule has 0 atom stereocenters. The van der Waals surface area contributed by atoms with E-state index < -0.39 is 11.7 Å². The molecule has 0 aliphatic carbocycles. The van der Waals surface area contributed by atoms with Crippen molar-refractivity contribution in [2.45, 2.75) is 0 Å². The molecule has 0 spiro atoms. The number of nitrogens with one attached hydrogen (secondary N) is 1. The number of benzene rings is 2. The van der Waals surface area contributed by atoms with E-state index in [1.54, 1.807) is 24.3 Å². The third kappa shape index (κ3) is 3.29. The molecule has 0 radical (unpaired) electrons. The second-order valence-electron chi connectivity index (χ2n) is 3.93. The van der Waals surface area contributed by atoms with Crippen LogP contribution in [0.5, 0.6) is 5.75 Å². The molecule has 2 rings (SSSR count). The zero-order chi connectivity index (χ0) is 14.7. The molecule has 2 aromatic rings. The summed E-state index contributed by atoms with van der Waals surface area (Å²) in [6.07, 6.45) is 0. The van der Waals surface area contributed by atoms with Crippen LogP contribution in [0, 0.1) is 5.82 Å². The molecule has 0 heterocycles.